The zero-order chi connectivity index (χ0) is 30.9. The number of hydrogen-bond donors (Lipinski definition) is 0. The number of fused-ring (bicyclic) bond motifs is 8. The third-order valence-electron chi connectivity index (χ3n) is 9.75. The van der Waals surface area contributed by atoms with Crippen molar-refractivity contribution < 1.29 is 18.3 Å². The third-order valence-corrected chi connectivity index (χ3v) is 10.5. The highest BCUT2D eigenvalue weighted by Gasteiger charge is 2.44. The van der Waals surface area contributed by atoms with E-state index in [2.05, 4.69) is 85.7 Å². The summed E-state index contributed by atoms with van der Waals surface area (Å²) in [4.78, 5) is 3.50. The highest BCUT2D eigenvalue weighted by Crippen LogP contribution is 2.58. The van der Waals surface area contributed by atoms with Crippen molar-refractivity contribution in [1.29, 1.82) is 0 Å². The van der Waals surface area contributed by atoms with Gasteiger partial charge in [0.25, 0.3) is 0 Å². The molecule has 0 N–H and O–H groups in total. The molecular formula is C39H33F2NO2S. The smallest absolute Gasteiger partial charge is 0.178 e. The molecule has 3 aliphatic rings. The summed E-state index contributed by atoms with van der Waals surface area (Å²) in [5.74, 6) is 0.0429. The van der Waals surface area contributed by atoms with Crippen molar-refractivity contribution in [3.63, 3.8) is 0 Å². The summed E-state index contributed by atoms with van der Waals surface area (Å²) in [6.45, 7) is 7.42. The van der Waals surface area contributed by atoms with E-state index in [1.54, 1.807) is 23.9 Å². The van der Waals surface area contributed by atoms with Crippen LogP contribution in [0.25, 0.3) is 28.0 Å². The normalized spacial score (nSPS) is 19.6. The fourth-order valence-electron chi connectivity index (χ4n) is 7.49. The molecule has 2 heterocycles. The fraction of sp³-hybridized carbons (Fsp3) is 0.231. The number of ether oxygens (including phenoxy) is 2. The summed E-state index contributed by atoms with van der Waals surface area (Å²) in [5, 5.41) is 1.60. The second-order valence-corrected chi connectivity index (χ2v) is 13.4. The first-order valence-corrected chi connectivity index (χ1v) is 16.6. The topological polar surface area (TPSA) is 21.7 Å². The van der Waals surface area contributed by atoms with Gasteiger partial charge < -0.3 is 14.4 Å². The Balaban J connectivity index is 1.36. The van der Waals surface area contributed by atoms with Crippen LogP contribution in [0.2, 0.25) is 0 Å². The predicted octanol–water partition coefficient (Wildman–Crippen LogP) is 9.33. The minimum atomic E-state index is -0.956. The van der Waals surface area contributed by atoms with Gasteiger partial charge in [0.15, 0.2) is 5.60 Å². The van der Waals surface area contributed by atoms with Gasteiger partial charge in [-0.15, -0.1) is 11.8 Å². The van der Waals surface area contributed by atoms with Crippen molar-refractivity contribution in [3.8, 4) is 16.9 Å². The van der Waals surface area contributed by atoms with Crippen LogP contribution < -0.4 is 9.64 Å². The van der Waals surface area contributed by atoms with Gasteiger partial charge in [0.2, 0.25) is 0 Å². The minimum Gasteiger partial charge on any atom is -0.472 e. The van der Waals surface area contributed by atoms with E-state index in [-0.39, 0.29) is 11.6 Å². The summed E-state index contributed by atoms with van der Waals surface area (Å²) in [5.41, 5.74) is 6.56. The Labute approximate surface area is 266 Å². The van der Waals surface area contributed by atoms with E-state index in [1.165, 1.54) is 12.1 Å². The molecule has 226 valence electrons. The number of thioether (sulfide) groups is 1. The fourth-order valence-corrected chi connectivity index (χ4v) is 7.90. The van der Waals surface area contributed by atoms with Crippen molar-refractivity contribution >= 4 is 34.3 Å². The molecule has 2 aliphatic heterocycles. The number of hydrogen-bond acceptors (Lipinski definition) is 4. The Morgan fingerprint density at radius 3 is 2.16 bits per heavy atom. The van der Waals surface area contributed by atoms with Gasteiger partial charge in [0, 0.05) is 51.2 Å². The standard InChI is InChI=1S/C39H33F2NO2S/c1-38(2)34-23-27(41)9-15-31(34)35-30-14-8-26(40)22-33(30)37-32(36(35)38)16-17-39(44-37,25-6-12-29(45-3)13-7-25)24-4-10-28(11-5-24)42-18-20-43-21-19-42/h4-17,22-23H,18-21H2,1-3H3. The van der Waals surface area contributed by atoms with Gasteiger partial charge in [-0.3, -0.25) is 0 Å². The van der Waals surface area contributed by atoms with Crippen LogP contribution in [0, 0.1) is 11.6 Å². The molecule has 0 saturated carbocycles. The van der Waals surface area contributed by atoms with Gasteiger partial charge in [-0.1, -0.05) is 56.3 Å². The van der Waals surface area contributed by atoms with Crippen LogP contribution >= 0.6 is 11.8 Å². The van der Waals surface area contributed by atoms with E-state index in [4.69, 9.17) is 9.47 Å². The van der Waals surface area contributed by atoms with Crippen LogP contribution in [-0.2, 0) is 15.8 Å². The molecule has 0 amide bonds. The lowest BCUT2D eigenvalue weighted by Crippen LogP contribution is -2.37. The third kappa shape index (κ3) is 4.33. The molecule has 5 aromatic rings. The maximum absolute atomic E-state index is 15.1. The first-order chi connectivity index (χ1) is 21.8. The summed E-state index contributed by atoms with van der Waals surface area (Å²) in [7, 11) is 0. The van der Waals surface area contributed by atoms with Crippen LogP contribution in [0.15, 0.2) is 95.9 Å². The SMILES string of the molecule is CSc1ccc(C2(c3ccc(N4CCOCC4)cc3)C=Cc3c4c(c5ccc(F)cc5c3O2)-c2ccc(F)cc2C4(C)C)cc1. The van der Waals surface area contributed by atoms with Crippen LogP contribution in [0.4, 0.5) is 14.5 Å². The molecule has 0 radical (unpaired) electrons. The molecule has 0 spiro atoms. The summed E-state index contributed by atoms with van der Waals surface area (Å²) in [6.07, 6.45) is 6.35. The van der Waals surface area contributed by atoms with Gasteiger partial charge in [-0.05, 0) is 88.5 Å². The largest absolute Gasteiger partial charge is 0.472 e. The molecule has 0 aromatic heterocycles. The molecule has 1 atom stereocenters. The minimum absolute atomic E-state index is 0.265. The second-order valence-electron chi connectivity index (χ2n) is 12.5. The van der Waals surface area contributed by atoms with E-state index in [1.807, 2.05) is 12.1 Å². The van der Waals surface area contributed by atoms with Gasteiger partial charge in [-0.2, -0.15) is 0 Å². The van der Waals surface area contributed by atoms with Crippen LogP contribution in [-0.4, -0.2) is 32.6 Å². The molecule has 1 saturated heterocycles. The Hall–Kier alpha value is -4.13. The predicted molar refractivity (Wildman–Crippen MR) is 180 cm³/mol. The van der Waals surface area contributed by atoms with Crippen molar-refractivity contribution in [2.45, 2.75) is 29.8 Å². The lowest BCUT2D eigenvalue weighted by atomic mass is 9.77. The van der Waals surface area contributed by atoms with Gasteiger partial charge in [0.1, 0.15) is 17.4 Å². The van der Waals surface area contributed by atoms with E-state index in [0.29, 0.717) is 11.1 Å². The number of morpholine rings is 1. The number of halogens is 2. The highest BCUT2D eigenvalue weighted by atomic mass is 32.2. The van der Waals surface area contributed by atoms with Gasteiger partial charge in [0.05, 0.1) is 13.2 Å². The lowest BCUT2D eigenvalue weighted by Gasteiger charge is -2.39. The molecule has 1 unspecified atom stereocenters. The van der Waals surface area contributed by atoms with Crippen LogP contribution in [0.3, 0.4) is 0 Å². The molecule has 0 bridgehead atoms. The molecule has 45 heavy (non-hydrogen) atoms. The Morgan fingerprint density at radius 2 is 1.44 bits per heavy atom. The van der Waals surface area contributed by atoms with E-state index >= 15 is 4.39 Å². The van der Waals surface area contributed by atoms with Crippen LogP contribution in [0.5, 0.6) is 5.75 Å². The van der Waals surface area contributed by atoms with Crippen LogP contribution in [0.1, 0.15) is 41.7 Å². The number of nitrogens with zero attached hydrogens (tertiary/aromatic N) is 1. The van der Waals surface area contributed by atoms with Gasteiger partial charge >= 0.3 is 0 Å². The Morgan fingerprint density at radius 1 is 0.778 bits per heavy atom. The van der Waals surface area contributed by atoms with Crippen molar-refractivity contribution in [3.05, 3.63) is 130 Å². The Kier molecular flexibility index (Phi) is 6.59. The van der Waals surface area contributed by atoms with Crippen molar-refractivity contribution in [2.75, 3.05) is 37.5 Å². The number of benzene rings is 5. The monoisotopic (exact) mass is 617 g/mol. The van der Waals surface area contributed by atoms with E-state index in [0.717, 1.165) is 81.2 Å². The second kappa shape index (κ2) is 10.5. The quantitative estimate of drug-likeness (QED) is 0.187. The van der Waals surface area contributed by atoms with Crippen molar-refractivity contribution in [2.24, 2.45) is 0 Å². The molecule has 3 nitrogen and oxygen atoms in total. The summed E-state index contributed by atoms with van der Waals surface area (Å²) in [6, 6.07) is 27.0. The molecule has 5 aromatic carbocycles. The zero-order valence-electron chi connectivity index (χ0n) is 25.5. The van der Waals surface area contributed by atoms with E-state index < -0.39 is 11.0 Å². The number of rotatable bonds is 4. The van der Waals surface area contributed by atoms with E-state index in [9.17, 15) is 4.39 Å². The first-order valence-electron chi connectivity index (χ1n) is 15.4. The molecule has 1 aliphatic carbocycles. The average Bonchev–Trinajstić information content (AvgIpc) is 3.31. The summed E-state index contributed by atoms with van der Waals surface area (Å²) >= 11 is 1.69. The maximum atomic E-state index is 15.1. The summed E-state index contributed by atoms with van der Waals surface area (Å²) < 4.78 is 42.5. The zero-order valence-corrected chi connectivity index (χ0v) is 26.3. The first kappa shape index (κ1) is 28.4. The highest BCUT2D eigenvalue weighted by molar-refractivity contribution is 7.98. The number of anilines is 1. The molecule has 8 rings (SSSR count). The molecular weight excluding hydrogens is 584 g/mol. The van der Waals surface area contributed by atoms with Gasteiger partial charge in [-0.25, -0.2) is 8.78 Å². The Bertz CT molecular complexity index is 2000. The average molecular weight is 618 g/mol. The van der Waals surface area contributed by atoms with Crippen molar-refractivity contribution in [1.82, 2.24) is 0 Å². The molecule has 6 heteroatoms. The maximum Gasteiger partial charge on any atom is 0.178 e. The molecule has 1 fully saturated rings. The lowest BCUT2D eigenvalue weighted by molar-refractivity contribution is 0.122.